The zero-order valence-corrected chi connectivity index (χ0v) is 14.6. The quantitative estimate of drug-likeness (QED) is 0.532. The van der Waals surface area contributed by atoms with Crippen LogP contribution in [0.3, 0.4) is 0 Å². The second kappa shape index (κ2) is 14.6. The highest BCUT2D eigenvalue weighted by Crippen LogP contribution is 2.19. The van der Waals surface area contributed by atoms with Crippen molar-refractivity contribution >= 4 is 0 Å². The Kier molecular flexibility index (Phi) is 17.7. The van der Waals surface area contributed by atoms with E-state index in [2.05, 4.69) is 71.9 Å². The predicted molar refractivity (Wildman–Crippen MR) is 97.6 cm³/mol. The van der Waals surface area contributed by atoms with Gasteiger partial charge < -0.3 is 0 Å². The topological polar surface area (TPSA) is 0 Å². The van der Waals surface area contributed by atoms with Crippen LogP contribution < -0.4 is 0 Å². The minimum absolute atomic E-state index is 0. The van der Waals surface area contributed by atoms with Gasteiger partial charge in [0.15, 0.2) is 0 Å². The Hall–Kier alpha value is -0.780. The van der Waals surface area contributed by atoms with Crippen LogP contribution >= 0.6 is 0 Å². The van der Waals surface area contributed by atoms with Crippen LogP contribution in [0.5, 0.6) is 0 Å². The maximum atomic E-state index is 2.27. The van der Waals surface area contributed by atoms with Gasteiger partial charge in [-0.25, -0.2) is 0 Å². The van der Waals surface area contributed by atoms with E-state index in [4.69, 9.17) is 0 Å². The minimum Gasteiger partial charge on any atom is -0.0776 e. The number of benzene rings is 1. The summed E-state index contributed by atoms with van der Waals surface area (Å²) in [4.78, 5) is 0. The van der Waals surface area contributed by atoms with E-state index in [1.165, 1.54) is 24.8 Å². The third-order valence-electron chi connectivity index (χ3n) is 2.98. The molecule has 0 spiro atoms. The standard InChI is InChI=1S/C10H14.C7H16.C2H6.CH4/c1-3-9(2)10-7-5-4-6-8-10;1-5-6-7(2,3)4;1-2;/h4-9H,3H2,1-2H3;5-6H2,1-4H3;1-2H3;1H4. The second-order valence-corrected chi connectivity index (χ2v) is 6.03. The van der Waals surface area contributed by atoms with Crippen molar-refractivity contribution in [3.63, 3.8) is 0 Å². The molecule has 1 atom stereocenters. The van der Waals surface area contributed by atoms with Gasteiger partial charge in [-0.2, -0.15) is 0 Å². The molecule has 0 saturated heterocycles. The smallest absolute Gasteiger partial charge is 0.0193 e. The van der Waals surface area contributed by atoms with Crippen LogP contribution in [0.25, 0.3) is 0 Å². The molecule has 0 heteroatoms. The van der Waals surface area contributed by atoms with Gasteiger partial charge >= 0.3 is 0 Å². The molecule has 120 valence electrons. The van der Waals surface area contributed by atoms with Gasteiger partial charge in [-0.3, -0.25) is 0 Å². The zero-order chi connectivity index (χ0) is 15.3. The minimum atomic E-state index is 0. The van der Waals surface area contributed by atoms with Crippen LogP contribution in [0.2, 0.25) is 0 Å². The third kappa shape index (κ3) is 15.3. The molecule has 0 aliphatic heterocycles. The number of hydrogen-bond donors (Lipinski definition) is 0. The van der Waals surface area contributed by atoms with Gasteiger partial charge in [0, 0.05) is 0 Å². The first-order valence-electron chi connectivity index (χ1n) is 7.95. The summed E-state index contributed by atoms with van der Waals surface area (Å²) >= 11 is 0. The van der Waals surface area contributed by atoms with Crippen molar-refractivity contribution in [2.45, 2.75) is 88.0 Å². The lowest BCUT2D eigenvalue weighted by Gasteiger charge is -2.15. The summed E-state index contributed by atoms with van der Waals surface area (Å²) in [5, 5.41) is 0. The molecule has 0 aliphatic carbocycles. The molecule has 0 bridgehead atoms. The van der Waals surface area contributed by atoms with Gasteiger partial charge in [0.05, 0.1) is 0 Å². The summed E-state index contributed by atoms with van der Waals surface area (Å²) in [7, 11) is 0. The molecule has 0 nitrogen and oxygen atoms in total. The number of rotatable bonds is 3. The molecule has 0 radical (unpaired) electrons. The molecular weight excluding hydrogens is 240 g/mol. The average molecular weight is 281 g/mol. The lowest BCUT2D eigenvalue weighted by Crippen LogP contribution is -2.02. The summed E-state index contributed by atoms with van der Waals surface area (Å²) in [6, 6.07) is 10.6. The molecule has 20 heavy (non-hydrogen) atoms. The molecule has 1 unspecified atom stereocenters. The predicted octanol–water partition coefficient (Wildman–Crippen LogP) is 7.70. The summed E-state index contributed by atoms with van der Waals surface area (Å²) < 4.78 is 0. The molecular formula is C20H40. The van der Waals surface area contributed by atoms with Crippen LogP contribution in [0.15, 0.2) is 30.3 Å². The zero-order valence-electron chi connectivity index (χ0n) is 14.6. The van der Waals surface area contributed by atoms with Gasteiger partial charge in [-0.05, 0) is 29.7 Å². The Morgan fingerprint density at radius 2 is 1.40 bits per heavy atom. The third-order valence-corrected chi connectivity index (χ3v) is 2.98. The van der Waals surface area contributed by atoms with Crippen molar-refractivity contribution in [3.05, 3.63) is 35.9 Å². The first kappa shape index (κ1) is 24.3. The van der Waals surface area contributed by atoms with Crippen LogP contribution in [-0.4, -0.2) is 0 Å². The molecule has 1 aromatic rings. The summed E-state index contributed by atoms with van der Waals surface area (Å²) in [6.07, 6.45) is 3.88. The molecule has 0 aliphatic rings. The fraction of sp³-hybridized carbons (Fsp3) is 0.700. The van der Waals surface area contributed by atoms with E-state index in [0.29, 0.717) is 11.3 Å². The highest BCUT2D eigenvalue weighted by atomic mass is 14.1. The molecule has 0 N–H and O–H groups in total. The van der Waals surface area contributed by atoms with E-state index in [-0.39, 0.29) is 7.43 Å². The molecule has 1 rings (SSSR count). The van der Waals surface area contributed by atoms with Crippen LogP contribution in [-0.2, 0) is 0 Å². The van der Waals surface area contributed by atoms with E-state index in [0.717, 1.165) is 0 Å². The van der Waals surface area contributed by atoms with Crippen molar-refractivity contribution in [1.29, 1.82) is 0 Å². The highest BCUT2D eigenvalue weighted by Gasteiger charge is 2.06. The SMILES string of the molecule is C.CC.CCC(C)c1ccccc1.CCCC(C)(C)C. The highest BCUT2D eigenvalue weighted by molar-refractivity contribution is 5.18. The number of hydrogen-bond acceptors (Lipinski definition) is 0. The van der Waals surface area contributed by atoms with E-state index in [1.54, 1.807) is 0 Å². The molecule has 0 fully saturated rings. The van der Waals surface area contributed by atoms with Crippen molar-refractivity contribution < 1.29 is 0 Å². The van der Waals surface area contributed by atoms with Gasteiger partial charge in [0.2, 0.25) is 0 Å². The monoisotopic (exact) mass is 280 g/mol. The summed E-state index contributed by atoms with van der Waals surface area (Å²) in [5.74, 6) is 0.709. The Balaban J connectivity index is -0.000000258. The maximum Gasteiger partial charge on any atom is -0.0193 e. The van der Waals surface area contributed by atoms with E-state index < -0.39 is 0 Å². The Morgan fingerprint density at radius 1 is 0.950 bits per heavy atom. The van der Waals surface area contributed by atoms with Crippen LogP contribution in [0, 0.1) is 5.41 Å². The van der Waals surface area contributed by atoms with E-state index in [9.17, 15) is 0 Å². The van der Waals surface area contributed by atoms with E-state index >= 15 is 0 Å². The van der Waals surface area contributed by atoms with Gasteiger partial charge in [-0.1, -0.05) is 99.6 Å². The normalized spacial score (nSPS) is 11.0. The fourth-order valence-electron chi connectivity index (χ4n) is 1.77. The van der Waals surface area contributed by atoms with Crippen LogP contribution in [0.1, 0.15) is 93.6 Å². The van der Waals surface area contributed by atoms with E-state index in [1.807, 2.05) is 13.8 Å². The molecule has 1 aromatic carbocycles. The van der Waals surface area contributed by atoms with Crippen molar-refractivity contribution in [3.8, 4) is 0 Å². The molecule has 0 aromatic heterocycles. The maximum absolute atomic E-state index is 2.27. The van der Waals surface area contributed by atoms with Crippen molar-refractivity contribution in [2.75, 3.05) is 0 Å². The lowest BCUT2D eigenvalue weighted by molar-refractivity contribution is 0.373. The molecule has 0 amide bonds. The molecule has 0 saturated carbocycles. The first-order chi connectivity index (χ1) is 8.90. The molecule has 0 heterocycles. The lowest BCUT2D eigenvalue weighted by atomic mass is 9.91. The van der Waals surface area contributed by atoms with Crippen LogP contribution in [0.4, 0.5) is 0 Å². The van der Waals surface area contributed by atoms with Gasteiger partial charge in [0.25, 0.3) is 0 Å². The fourth-order valence-corrected chi connectivity index (χ4v) is 1.77. The Morgan fingerprint density at radius 3 is 1.65 bits per heavy atom. The Labute approximate surface area is 130 Å². The summed E-state index contributed by atoms with van der Waals surface area (Å²) in [5.41, 5.74) is 2.00. The second-order valence-electron chi connectivity index (χ2n) is 6.03. The van der Waals surface area contributed by atoms with Crippen molar-refractivity contribution in [1.82, 2.24) is 0 Å². The largest absolute Gasteiger partial charge is 0.0776 e. The first-order valence-corrected chi connectivity index (χ1v) is 7.95. The van der Waals surface area contributed by atoms with Crippen molar-refractivity contribution in [2.24, 2.45) is 5.41 Å². The average Bonchev–Trinajstić information content (AvgIpc) is 2.40. The Bertz CT molecular complexity index is 266. The van der Waals surface area contributed by atoms with Gasteiger partial charge in [0.1, 0.15) is 0 Å². The van der Waals surface area contributed by atoms with Gasteiger partial charge in [-0.15, -0.1) is 0 Å². The summed E-state index contributed by atoms with van der Waals surface area (Å²) in [6.45, 7) is 17.5.